The molecular formula is C40H45N7O7. The van der Waals surface area contributed by atoms with Crippen LogP contribution >= 0.6 is 0 Å². The van der Waals surface area contributed by atoms with E-state index in [1.54, 1.807) is 13.3 Å². The third-order valence-electron chi connectivity index (χ3n) is 11.3. The van der Waals surface area contributed by atoms with Crippen LogP contribution in [0.5, 0.6) is 5.75 Å². The second-order valence-corrected chi connectivity index (χ2v) is 15.0. The number of ether oxygens (including phenoxy) is 3. The summed E-state index contributed by atoms with van der Waals surface area (Å²) in [7, 11) is 2.93. The summed E-state index contributed by atoms with van der Waals surface area (Å²) in [4.78, 5) is 54.7. The Kier molecular flexibility index (Phi) is 9.16. The van der Waals surface area contributed by atoms with Crippen LogP contribution in [0.4, 0.5) is 9.59 Å². The van der Waals surface area contributed by atoms with Crippen LogP contribution in [0.3, 0.4) is 0 Å². The van der Waals surface area contributed by atoms with Crippen molar-refractivity contribution in [1.29, 1.82) is 0 Å². The number of aromatic amines is 1. The summed E-state index contributed by atoms with van der Waals surface area (Å²) in [6.45, 7) is 7.11. The van der Waals surface area contributed by atoms with Gasteiger partial charge in [-0.25, -0.2) is 19.6 Å². The lowest BCUT2D eigenvalue weighted by molar-refractivity contribution is -0.137. The van der Waals surface area contributed by atoms with Crippen molar-refractivity contribution in [2.45, 2.75) is 70.8 Å². The van der Waals surface area contributed by atoms with Gasteiger partial charge in [0.2, 0.25) is 5.91 Å². The van der Waals surface area contributed by atoms with Crippen LogP contribution in [-0.4, -0.2) is 92.0 Å². The van der Waals surface area contributed by atoms with Crippen LogP contribution in [0.1, 0.15) is 69.3 Å². The van der Waals surface area contributed by atoms with E-state index in [4.69, 9.17) is 19.2 Å². The number of benzene rings is 3. The topological polar surface area (TPSA) is 164 Å². The smallest absolute Gasteiger partial charge is 0.407 e. The van der Waals surface area contributed by atoms with Gasteiger partial charge in [-0.2, -0.15) is 0 Å². The van der Waals surface area contributed by atoms with Crippen molar-refractivity contribution >= 4 is 39.9 Å². The Balaban J connectivity index is 1.10. The van der Waals surface area contributed by atoms with Gasteiger partial charge in [-0.15, -0.1) is 0 Å². The number of fused-ring (bicyclic) bond motifs is 6. The number of methoxy groups -OCH3 is 2. The standard InChI is InChI=1S/C40H45N7O7/c1-21(2)34(44-39(49)53-5)38(48)47-22(3)6-11-31(47)36-42-30-10-7-24-16-29-27-9-8-26(15-25(27)20-54-33(29)17-28(24)35(30)43-36)45-13-12-41-37(45)32-14-23(19-52-4)18-46(32)40(50)51/h7-10,12-13,15-17,21-23,31-32,34H,6,11,14,18-20H2,1-5H3,(H,42,43)(H,44,49)(H,50,51)/t22-,23-,31-,32-,34-/m0/s1. The summed E-state index contributed by atoms with van der Waals surface area (Å²) >= 11 is 0. The minimum atomic E-state index is -0.963. The van der Waals surface area contributed by atoms with Crippen molar-refractivity contribution in [3.05, 3.63) is 72.1 Å². The molecule has 5 atom stereocenters. The van der Waals surface area contributed by atoms with Crippen molar-refractivity contribution in [2.24, 2.45) is 11.8 Å². The van der Waals surface area contributed by atoms with Crippen LogP contribution in [0, 0.1) is 11.8 Å². The highest BCUT2D eigenvalue weighted by Gasteiger charge is 2.42. The number of nitrogens with zero attached hydrogens (tertiary/aromatic N) is 5. The molecule has 0 spiro atoms. The molecule has 3 N–H and O–H groups in total. The average Bonchev–Trinajstić information content (AvgIpc) is 3.98. The molecule has 0 radical (unpaired) electrons. The first-order valence-corrected chi connectivity index (χ1v) is 18.5. The normalized spacial score (nSPS) is 21.3. The van der Waals surface area contributed by atoms with Gasteiger partial charge in [0.15, 0.2) is 0 Å². The molecule has 5 heterocycles. The zero-order valence-corrected chi connectivity index (χ0v) is 31.0. The van der Waals surface area contributed by atoms with E-state index in [1.165, 1.54) is 12.0 Å². The minimum Gasteiger partial charge on any atom is -0.488 e. The number of hydrogen-bond donors (Lipinski definition) is 3. The van der Waals surface area contributed by atoms with Gasteiger partial charge in [0.05, 0.1) is 36.8 Å². The zero-order chi connectivity index (χ0) is 37.8. The predicted molar refractivity (Wildman–Crippen MR) is 200 cm³/mol. The first-order valence-electron chi connectivity index (χ1n) is 18.5. The number of H-pyrrole nitrogens is 1. The lowest BCUT2D eigenvalue weighted by Gasteiger charge is -2.32. The van der Waals surface area contributed by atoms with E-state index in [0.717, 1.165) is 62.8 Å². The largest absolute Gasteiger partial charge is 0.488 e. The van der Waals surface area contributed by atoms with Crippen molar-refractivity contribution in [2.75, 3.05) is 27.4 Å². The van der Waals surface area contributed by atoms with E-state index >= 15 is 0 Å². The number of amides is 3. The molecule has 2 aromatic heterocycles. The molecule has 0 aliphatic carbocycles. The summed E-state index contributed by atoms with van der Waals surface area (Å²) in [6.07, 6.45) is 4.20. The van der Waals surface area contributed by atoms with Crippen LogP contribution in [0.25, 0.3) is 38.6 Å². The Morgan fingerprint density at radius 3 is 2.67 bits per heavy atom. The number of carbonyl (C=O) groups is 3. The highest BCUT2D eigenvalue weighted by molar-refractivity contribution is 6.07. The summed E-state index contributed by atoms with van der Waals surface area (Å²) in [5.41, 5.74) is 5.62. The number of aromatic nitrogens is 4. The Hall–Kier alpha value is -5.63. The number of hydrogen-bond acceptors (Lipinski definition) is 8. The molecule has 0 saturated carbocycles. The highest BCUT2D eigenvalue weighted by Crippen LogP contribution is 2.44. The zero-order valence-electron chi connectivity index (χ0n) is 31.0. The second-order valence-electron chi connectivity index (χ2n) is 15.0. The molecule has 14 heteroatoms. The van der Waals surface area contributed by atoms with Gasteiger partial charge in [-0.1, -0.05) is 26.0 Å². The van der Waals surface area contributed by atoms with E-state index in [1.807, 2.05) is 48.6 Å². The quantitative estimate of drug-likeness (QED) is 0.160. The lowest BCUT2D eigenvalue weighted by Crippen LogP contribution is -2.52. The van der Waals surface area contributed by atoms with Gasteiger partial charge in [0, 0.05) is 54.6 Å². The van der Waals surface area contributed by atoms with E-state index in [9.17, 15) is 19.5 Å². The van der Waals surface area contributed by atoms with Gasteiger partial charge in [-0.3, -0.25) is 9.69 Å². The molecule has 2 fully saturated rings. The van der Waals surface area contributed by atoms with Gasteiger partial charge in [0.1, 0.15) is 30.0 Å². The number of carboxylic acid groups (broad SMARTS) is 1. The molecule has 3 amide bonds. The van der Waals surface area contributed by atoms with Crippen LogP contribution in [-0.2, 0) is 20.9 Å². The Bertz CT molecular complexity index is 2260. The van der Waals surface area contributed by atoms with Crippen molar-refractivity contribution in [1.82, 2.24) is 34.6 Å². The Morgan fingerprint density at radius 1 is 1.07 bits per heavy atom. The van der Waals surface area contributed by atoms with E-state index in [2.05, 4.69) is 45.6 Å². The van der Waals surface area contributed by atoms with Crippen molar-refractivity contribution < 1.29 is 33.7 Å². The maximum Gasteiger partial charge on any atom is 0.407 e. The van der Waals surface area contributed by atoms with Gasteiger partial charge in [-0.05, 0) is 78.9 Å². The Labute approximate surface area is 312 Å². The molecular weight excluding hydrogens is 690 g/mol. The van der Waals surface area contributed by atoms with Crippen LogP contribution in [0.15, 0.2) is 54.9 Å². The van der Waals surface area contributed by atoms with E-state index in [0.29, 0.717) is 37.8 Å². The monoisotopic (exact) mass is 735 g/mol. The van der Waals surface area contributed by atoms with Crippen molar-refractivity contribution in [3.63, 3.8) is 0 Å². The van der Waals surface area contributed by atoms with Gasteiger partial charge < -0.3 is 39.1 Å². The number of imidazole rings is 2. The molecule has 14 nitrogen and oxygen atoms in total. The molecule has 0 bridgehead atoms. The second kappa shape index (κ2) is 14.0. The van der Waals surface area contributed by atoms with Crippen molar-refractivity contribution in [3.8, 4) is 22.6 Å². The number of carbonyl (C=O) groups excluding carboxylic acids is 2. The Morgan fingerprint density at radius 2 is 1.91 bits per heavy atom. The lowest BCUT2D eigenvalue weighted by atomic mass is 9.93. The molecule has 3 aromatic carbocycles. The molecule has 282 valence electrons. The molecule has 5 aromatic rings. The number of likely N-dealkylation sites (tertiary alicyclic amines) is 2. The summed E-state index contributed by atoms with van der Waals surface area (Å²) in [5.74, 6) is 1.97. The minimum absolute atomic E-state index is 0.0232. The van der Waals surface area contributed by atoms with Gasteiger partial charge in [0.25, 0.3) is 0 Å². The SMILES string of the molecule is COC[C@H]1C[C@@H](c2nccn2-c2ccc3c(c2)COc2cc4c(ccc5nc([C@@H]6CC[C@H](C)N6C(=O)[C@@H](NC(=O)OC)C(C)C)[nH]c54)cc2-3)N(C(=O)O)C1. The van der Waals surface area contributed by atoms with Crippen LogP contribution < -0.4 is 10.1 Å². The fourth-order valence-corrected chi connectivity index (χ4v) is 8.61. The van der Waals surface area contributed by atoms with E-state index < -0.39 is 18.2 Å². The predicted octanol–water partition coefficient (Wildman–Crippen LogP) is 6.58. The maximum absolute atomic E-state index is 13.9. The summed E-state index contributed by atoms with van der Waals surface area (Å²) < 4.78 is 18.5. The summed E-state index contributed by atoms with van der Waals surface area (Å²) in [6, 6.07) is 13.1. The molecule has 3 aliphatic rings. The first kappa shape index (κ1) is 35.4. The highest BCUT2D eigenvalue weighted by atomic mass is 16.5. The number of rotatable bonds is 8. The van der Waals surface area contributed by atoms with Crippen LogP contribution in [0.2, 0.25) is 0 Å². The third-order valence-corrected chi connectivity index (χ3v) is 11.3. The molecule has 54 heavy (non-hydrogen) atoms. The average molecular weight is 736 g/mol. The molecule has 2 saturated heterocycles. The van der Waals surface area contributed by atoms with E-state index in [-0.39, 0.29) is 35.9 Å². The fraction of sp³-hybridized carbons (Fsp3) is 0.425. The summed E-state index contributed by atoms with van der Waals surface area (Å²) in [5, 5.41) is 14.7. The number of nitrogens with one attached hydrogen (secondary N) is 2. The molecule has 0 unspecified atom stereocenters. The third kappa shape index (κ3) is 6.07. The maximum atomic E-state index is 13.9. The first-order chi connectivity index (χ1) is 26.1. The van der Waals surface area contributed by atoms with Gasteiger partial charge >= 0.3 is 12.2 Å². The number of alkyl carbamates (subject to hydrolysis) is 1. The fourth-order valence-electron chi connectivity index (χ4n) is 8.61. The molecule has 8 rings (SSSR count). The molecule has 3 aliphatic heterocycles.